The average molecular weight is 275 g/mol. The van der Waals surface area contributed by atoms with Gasteiger partial charge in [-0.05, 0) is 30.2 Å². The molecule has 21 heavy (non-hydrogen) atoms. The van der Waals surface area contributed by atoms with Crippen molar-refractivity contribution in [3.63, 3.8) is 0 Å². The van der Waals surface area contributed by atoms with E-state index in [1.165, 1.54) is 5.56 Å². The van der Waals surface area contributed by atoms with Gasteiger partial charge >= 0.3 is 0 Å². The highest BCUT2D eigenvalue weighted by Gasteiger charge is 2.24. The molecule has 2 heterocycles. The largest absolute Gasteiger partial charge is 0.493 e. The predicted molar refractivity (Wildman–Crippen MR) is 79.2 cm³/mol. The number of nitriles is 1. The van der Waals surface area contributed by atoms with Crippen LogP contribution in [-0.2, 0) is 6.42 Å². The predicted octanol–water partition coefficient (Wildman–Crippen LogP) is 3.15. The van der Waals surface area contributed by atoms with Crippen molar-refractivity contribution in [3.8, 4) is 11.8 Å². The number of aromatic nitrogens is 2. The summed E-state index contributed by atoms with van der Waals surface area (Å²) in [7, 11) is 0. The van der Waals surface area contributed by atoms with Crippen LogP contribution in [0.4, 0.5) is 0 Å². The Labute approximate surface area is 122 Å². The van der Waals surface area contributed by atoms with Crippen LogP contribution in [0.25, 0.3) is 11.0 Å². The van der Waals surface area contributed by atoms with E-state index in [4.69, 9.17) is 10.00 Å². The Kier molecular flexibility index (Phi) is 2.65. The fourth-order valence-corrected chi connectivity index (χ4v) is 2.84. The topological polar surface area (TPSA) is 61.7 Å². The summed E-state index contributed by atoms with van der Waals surface area (Å²) in [6.45, 7) is 0.610. The number of aromatic amines is 1. The number of para-hydroxylation sites is 2. The lowest BCUT2D eigenvalue weighted by Crippen LogP contribution is -2.20. The quantitative estimate of drug-likeness (QED) is 0.742. The van der Waals surface area contributed by atoms with Gasteiger partial charge in [-0.15, -0.1) is 0 Å². The average Bonchev–Trinajstić information content (AvgIpc) is 2.98. The Hall–Kier alpha value is -2.80. The van der Waals surface area contributed by atoms with Gasteiger partial charge in [0.1, 0.15) is 23.2 Å². The molecule has 4 heteroatoms. The molecule has 0 radical (unpaired) electrons. The van der Waals surface area contributed by atoms with Crippen LogP contribution in [-0.4, -0.2) is 16.6 Å². The van der Waals surface area contributed by atoms with Crippen LogP contribution in [0.15, 0.2) is 42.5 Å². The highest BCUT2D eigenvalue weighted by atomic mass is 16.5. The second-order valence-electron chi connectivity index (χ2n) is 5.26. The molecule has 0 saturated heterocycles. The van der Waals surface area contributed by atoms with Crippen LogP contribution >= 0.6 is 0 Å². The molecular weight excluding hydrogens is 262 g/mol. The van der Waals surface area contributed by atoms with E-state index in [9.17, 15) is 0 Å². The van der Waals surface area contributed by atoms with Crippen LogP contribution in [0.3, 0.4) is 0 Å². The second-order valence-corrected chi connectivity index (χ2v) is 5.26. The molecule has 2 aromatic carbocycles. The Bertz CT molecular complexity index is 860. The fourth-order valence-electron chi connectivity index (χ4n) is 2.84. The molecule has 0 fully saturated rings. The summed E-state index contributed by atoms with van der Waals surface area (Å²) < 4.78 is 5.82. The molecule has 0 spiro atoms. The smallest absolute Gasteiger partial charge is 0.122 e. The molecule has 4 rings (SSSR count). The van der Waals surface area contributed by atoms with E-state index in [2.05, 4.69) is 22.1 Å². The molecule has 3 aromatic rings. The zero-order valence-electron chi connectivity index (χ0n) is 11.3. The molecule has 0 saturated carbocycles. The van der Waals surface area contributed by atoms with Gasteiger partial charge in [-0.2, -0.15) is 5.26 Å². The van der Waals surface area contributed by atoms with E-state index in [0.717, 1.165) is 29.0 Å². The standard InChI is InChI=1S/C17H13N3O/c18-9-12-5-3-6-14-16(12)20-17(19-14)13-8-11-4-1-2-7-15(11)21-10-13/h1-7,13H,8,10H2,(H,19,20). The van der Waals surface area contributed by atoms with Gasteiger partial charge in [0.05, 0.1) is 23.6 Å². The molecule has 102 valence electrons. The van der Waals surface area contributed by atoms with Crippen molar-refractivity contribution < 1.29 is 4.74 Å². The first kappa shape index (κ1) is 12.0. The molecule has 1 aliphatic heterocycles. The number of nitrogens with one attached hydrogen (secondary N) is 1. The SMILES string of the molecule is N#Cc1cccc2[nH]c(C3COc4ccccc4C3)nc12. The van der Waals surface area contributed by atoms with Gasteiger partial charge in [0.25, 0.3) is 0 Å². The van der Waals surface area contributed by atoms with Gasteiger partial charge in [0.2, 0.25) is 0 Å². The number of ether oxygens (including phenoxy) is 1. The number of rotatable bonds is 1. The molecule has 0 aliphatic carbocycles. The maximum Gasteiger partial charge on any atom is 0.122 e. The first-order chi connectivity index (χ1) is 10.3. The summed E-state index contributed by atoms with van der Waals surface area (Å²) in [4.78, 5) is 7.95. The summed E-state index contributed by atoms with van der Waals surface area (Å²) in [6, 6.07) is 15.9. The van der Waals surface area contributed by atoms with Crippen molar-refractivity contribution in [3.05, 3.63) is 59.4 Å². The maximum absolute atomic E-state index is 9.16. The second kappa shape index (κ2) is 4.64. The van der Waals surface area contributed by atoms with Crippen molar-refractivity contribution in [1.29, 1.82) is 5.26 Å². The maximum atomic E-state index is 9.16. The van der Waals surface area contributed by atoms with Crippen LogP contribution in [0.1, 0.15) is 22.9 Å². The third kappa shape index (κ3) is 1.95. The summed E-state index contributed by atoms with van der Waals surface area (Å²) >= 11 is 0. The molecule has 1 unspecified atom stereocenters. The van der Waals surface area contributed by atoms with Crippen molar-refractivity contribution in [1.82, 2.24) is 9.97 Å². The first-order valence-electron chi connectivity index (χ1n) is 6.94. The number of fused-ring (bicyclic) bond motifs is 2. The molecular formula is C17H13N3O. The summed E-state index contributed by atoms with van der Waals surface area (Å²) in [5, 5.41) is 9.16. The Morgan fingerprint density at radius 1 is 1.19 bits per heavy atom. The van der Waals surface area contributed by atoms with E-state index < -0.39 is 0 Å². The Morgan fingerprint density at radius 2 is 2.10 bits per heavy atom. The number of imidazole rings is 1. The minimum atomic E-state index is 0.193. The molecule has 1 N–H and O–H groups in total. The van der Waals surface area contributed by atoms with Crippen LogP contribution in [0, 0.1) is 11.3 Å². The van der Waals surface area contributed by atoms with Crippen LogP contribution in [0.5, 0.6) is 5.75 Å². The monoisotopic (exact) mass is 275 g/mol. The van der Waals surface area contributed by atoms with E-state index in [1.807, 2.05) is 30.3 Å². The lowest BCUT2D eigenvalue weighted by atomic mass is 9.96. The highest BCUT2D eigenvalue weighted by Crippen LogP contribution is 2.32. The van der Waals surface area contributed by atoms with Gasteiger partial charge < -0.3 is 9.72 Å². The number of H-pyrrole nitrogens is 1. The number of benzene rings is 2. The fraction of sp³-hybridized carbons (Fsp3) is 0.176. The Balaban J connectivity index is 1.74. The minimum Gasteiger partial charge on any atom is -0.493 e. The minimum absolute atomic E-state index is 0.193. The molecule has 0 amide bonds. The van der Waals surface area contributed by atoms with E-state index in [0.29, 0.717) is 12.2 Å². The van der Waals surface area contributed by atoms with E-state index >= 15 is 0 Å². The van der Waals surface area contributed by atoms with Gasteiger partial charge in [-0.3, -0.25) is 0 Å². The zero-order chi connectivity index (χ0) is 14.2. The van der Waals surface area contributed by atoms with Crippen LogP contribution in [0.2, 0.25) is 0 Å². The van der Waals surface area contributed by atoms with Crippen LogP contribution < -0.4 is 4.74 Å². The normalized spacial score (nSPS) is 17.0. The van der Waals surface area contributed by atoms with Crippen molar-refractivity contribution >= 4 is 11.0 Å². The van der Waals surface area contributed by atoms with E-state index in [1.54, 1.807) is 6.07 Å². The summed E-state index contributed by atoms with van der Waals surface area (Å²) in [5.74, 6) is 2.05. The Morgan fingerprint density at radius 3 is 3.00 bits per heavy atom. The molecule has 1 aliphatic rings. The zero-order valence-corrected chi connectivity index (χ0v) is 11.3. The van der Waals surface area contributed by atoms with Gasteiger partial charge in [-0.1, -0.05) is 24.3 Å². The first-order valence-corrected chi connectivity index (χ1v) is 6.94. The van der Waals surface area contributed by atoms with E-state index in [-0.39, 0.29) is 5.92 Å². The summed E-state index contributed by atoms with van der Waals surface area (Å²) in [5.41, 5.74) is 3.46. The number of nitrogens with zero attached hydrogens (tertiary/aromatic N) is 2. The van der Waals surface area contributed by atoms with Crippen molar-refractivity contribution in [2.24, 2.45) is 0 Å². The lowest BCUT2D eigenvalue weighted by Gasteiger charge is -2.23. The molecule has 1 aromatic heterocycles. The van der Waals surface area contributed by atoms with Gasteiger partial charge in [0.15, 0.2) is 0 Å². The third-order valence-electron chi connectivity index (χ3n) is 3.92. The number of hydrogen-bond donors (Lipinski definition) is 1. The van der Waals surface area contributed by atoms with Gasteiger partial charge in [-0.25, -0.2) is 4.98 Å². The number of hydrogen-bond acceptors (Lipinski definition) is 3. The summed E-state index contributed by atoms with van der Waals surface area (Å²) in [6.07, 6.45) is 0.901. The van der Waals surface area contributed by atoms with Gasteiger partial charge in [0, 0.05) is 0 Å². The van der Waals surface area contributed by atoms with Crippen molar-refractivity contribution in [2.45, 2.75) is 12.3 Å². The highest BCUT2D eigenvalue weighted by molar-refractivity contribution is 5.81. The molecule has 1 atom stereocenters. The third-order valence-corrected chi connectivity index (χ3v) is 3.92. The molecule has 0 bridgehead atoms. The lowest BCUT2D eigenvalue weighted by molar-refractivity contribution is 0.258. The van der Waals surface area contributed by atoms with Crippen molar-refractivity contribution in [2.75, 3.05) is 6.61 Å². The molecule has 4 nitrogen and oxygen atoms in total.